The molecular formula is C16H29NO3S. The van der Waals surface area contributed by atoms with Gasteiger partial charge in [-0.3, -0.25) is 0 Å². The number of rotatable bonds is 9. The van der Waals surface area contributed by atoms with Crippen LogP contribution in [0.5, 0.6) is 0 Å². The molecule has 0 amide bonds. The van der Waals surface area contributed by atoms with E-state index < -0.39 is 0 Å². The summed E-state index contributed by atoms with van der Waals surface area (Å²) in [4.78, 5) is 11.4. The Hall–Kier alpha value is -0.780. The van der Waals surface area contributed by atoms with Gasteiger partial charge in [0.05, 0.1) is 19.2 Å². The molecule has 0 aromatic carbocycles. The quantitative estimate of drug-likeness (QED) is 0.306. The molecule has 4 nitrogen and oxygen atoms in total. The summed E-state index contributed by atoms with van der Waals surface area (Å²) in [7, 11) is 1.38. The number of hydrogen-bond donors (Lipinski definition) is 1. The lowest BCUT2D eigenvalue weighted by molar-refractivity contribution is -0.136. The monoisotopic (exact) mass is 315 g/mol. The third-order valence-electron chi connectivity index (χ3n) is 3.70. The zero-order valence-electron chi connectivity index (χ0n) is 14.0. The van der Waals surface area contributed by atoms with Gasteiger partial charge in [-0.15, -0.1) is 11.8 Å². The van der Waals surface area contributed by atoms with Gasteiger partial charge in [-0.25, -0.2) is 4.79 Å². The maximum Gasteiger partial charge on any atom is 0.333 e. The van der Waals surface area contributed by atoms with Crippen LogP contribution < -0.4 is 5.73 Å². The number of allylic oxidation sites excluding steroid dienone is 1. The summed E-state index contributed by atoms with van der Waals surface area (Å²) in [5.74, 6) is 0.470. The Bertz CT molecular complexity index is 380. The van der Waals surface area contributed by atoms with Gasteiger partial charge in [-0.2, -0.15) is 0 Å². The number of esters is 1. The second-order valence-corrected chi connectivity index (χ2v) is 5.96. The maximum absolute atomic E-state index is 11.4. The van der Waals surface area contributed by atoms with Crippen LogP contribution >= 0.6 is 11.8 Å². The van der Waals surface area contributed by atoms with E-state index in [1.807, 2.05) is 32.3 Å². The molecule has 0 radical (unpaired) electrons. The Kier molecular flexibility index (Phi) is 10.5. The standard InChI is InChI=1S/C16H29NO3S/c1-7-11(2)15(17)13(4)14(20-10-21-6)9-8-12(3)16(18)19-5/h7-8,13-15H,9-10,17H2,1-6H3/b11-7+,12-8+/t13-,14+,15+/m0/s1. The molecule has 0 bridgehead atoms. The summed E-state index contributed by atoms with van der Waals surface area (Å²) < 4.78 is 10.6. The second kappa shape index (κ2) is 10.9. The van der Waals surface area contributed by atoms with Crippen LogP contribution in [0.25, 0.3) is 0 Å². The summed E-state index contributed by atoms with van der Waals surface area (Å²) in [6.45, 7) is 7.85. The van der Waals surface area contributed by atoms with E-state index in [0.717, 1.165) is 5.57 Å². The third-order valence-corrected chi connectivity index (χ3v) is 4.07. The van der Waals surface area contributed by atoms with Crippen LogP contribution in [0.2, 0.25) is 0 Å². The Morgan fingerprint density at radius 2 is 2.00 bits per heavy atom. The molecule has 0 unspecified atom stereocenters. The normalized spacial score (nSPS) is 17.3. The van der Waals surface area contributed by atoms with E-state index in [4.69, 9.17) is 15.2 Å². The molecule has 0 rings (SSSR count). The van der Waals surface area contributed by atoms with Crippen LogP contribution in [0.4, 0.5) is 0 Å². The number of hydrogen-bond acceptors (Lipinski definition) is 5. The molecule has 0 saturated carbocycles. The SMILES string of the molecule is C/C=C(\C)[C@@H](N)[C@@H](C)[C@@H](C/C=C(\C)C(=O)OC)OCSC. The number of thioether (sulfide) groups is 1. The molecule has 122 valence electrons. The van der Waals surface area contributed by atoms with Gasteiger partial charge in [-0.1, -0.05) is 24.6 Å². The number of carbonyl (C=O) groups excluding carboxylic acids is 1. The molecule has 21 heavy (non-hydrogen) atoms. The van der Waals surface area contributed by atoms with Gasteiger partial charge >= 0.3 is 5.97 Å². The van der Waals surface area contributed by atoms with Crippen molar-refractivity contribution in [3.05, 3.63) is 23.3 Å². The van der Waals surface area contributed by atoms with E-state index in [1.54, 1.807) is 18.7 Å². The highest BCUT2D eigenvalue weighted by Gasteiger charge is 2.24. The Morgan fingerprint density at radius 1 is 1.38 bits per heavy atom. The van der Waals surface area contributed by atoms with Crippen molar-refractivity contribution in [2.45, 2.75) is 46.3 Å². The second-order valence-electron chi connectivity index (χ2n) is 5.14. The van der Waals surface area contributed by atoms with Crippen LogP contribution in [0.1, 0.15) is 34.1 Å². The van der Waals surface area contributed by atoms with Crippen molar-refractivity contribution in [1.29, 1.82) is 0 Å². The van der Waals surface area contributed by atoms with Gasteiger partial charge in [0.15, 0.2) is 0 Å². The Labute approximate surface area is 133 Å². The first-order valence-electron chi connectivity index (χ1n) is 7.13. The Morgan fingerprint density at radius 3 is 2.48 bits per heavy atom. The molecule has 0 aromatic heterocycles. The van der Waals surface area contributed by atoms with Crippen LogP contribution in [-0.4, -0.2) is 37.4 Å². The summed E-state index contributed by atoms with van der Waals surface area (Å²) in [5, 5.41) is 0. The molecule has 5 heteroatoms. The molecular weight excluding hydrogens is 286 g/mol. The van der Waals surface area contributed by atoms with Crippen molar-refractivity contribution in [2.75, 3.05) is 19.3 Å². The lowest BCUT2D eigenvalue weighted by Crippen LogP contribution is -2.38. The first kappa shape index (κ1) is 20.2. The average molecular weight is 315 g/mol. The molecule has 0 aliphatic rings. The lowest BCUT2D eigenvalue weighted by Gasteiger charge is -2.29. The van der Waals surface area contributed by atoms with Crippen molar-refractivity contribution in [3.8, 4) is 0 Å². The fourth-order valence-electron chi connectivity index (χ4n) is 1.97. The van der Waals surface area contributed by atoms with Gasteiger partial charge < -0.3 is 15.2 Å². The van der Waals surface area contributed by atoms with E-state index in [0.29, 0.717) is 17.9 Å². The van der Waals surface area contributed by atoms with Gasteiger partial charge in [-0.05, 0) is 33.4 Å². The molecule has 0 spiro atoms. The molecule has 0 aromatic rings. The van der Waals surface area contributed by atoms with E-state index in [9.17, 15) is 4.79 Å². The number of carbonyl (C=O) groups is 1. The number of nitrogens with two attached hydrogens (primary N) is 1. The van der Waals surface area contributed by atoms with Gasteiger partial charge in [0.25, 0.3) is 0 Å². The van der Waals surface area contributed by atoms with E-state index >= 15 is 0 Å². The topological polar surface area (TPSA) is 61.6 Å². The summed E-state index contributed by atoms with van der Waals surface area (Å²) in [6.07, 6.45) is 6.51. The highest BCUT2D eigenvalue weighted by molar-refractivity contribution is 7.98. The zero-order chi connectivity index (χ0) is 16.4. The molecule has 0 heterocycles. The summed E-state index contributed by atoms with van der Waals surface area (Å²) in [6, 6.07) is -0.0475. The van der Waals surface area contributed by atoms with Crippen LogP contribution in [0, 0.1) is 5.92 Å². The summed E-state index contributed by atoms with van der Waals surface area (Å²) in [5.41, 5.74) is 8.01. The average Bonchev–Trinajstić information content (AvgIpc) is 2.51. The minimum absolute atomic E-state index is 0.0260. The van der Waals surface area contributed by atoms with Crippen molar-refractivity contribution in [2.24, 2.45) is 11.7 Å². The highest BCUT2D eigenvalue weighted by atomic mass is 32.2. The lowest BCUT2D eigenvalue weighted by atomic mass is 9.89. The molecule has 3 atom stereocenters. The third kappa shape index (κ3) is 7.16. The van der Waals surface area contributed by atoms with E-state index in [2.05, 4.69) is 6.92 Å². The first-order chi connectivity index (χ1) is 9.88. The largest absolute Gasteiger partial charge is 0.466 e. The van der Waals surface area contributed by atoms with Gasteiger partial charge in [0, 0.05) is 17.5 Å². The Balaban J connectivity index is 4.90. The van der Waals surface area contributed by atoms with Crippen molar-refractivity contribution in [3.63, 3.8) is 0 Å². The number of ether oxygens (including phenoxy) is 2. The zero-order valence-corrected chi connectivity index (χ0v) is 14.8. The van der Waals surface area contributed by atoms with E-state index in [-0.39, 0.29) is 24.0 Å². The minimum atomic E-state index is -0.305. The highest BCUT2D eigenvalue weighted by Crippen LogP contribution is 2.21. The predicted octanol–water partition coefficient (Wildman–Crippen LogP) is 3.13. The molecule has 0 aliphatic carbocycles. The van der Waals surface area contributed by atoms with Crippen molar-refractivity contribution >= 4 is 17.7 Å². The molecule has 2 N–H and O–H groups in total. The van der Waals surface area contributed by atoms with Gasteiger partial charge in [0.2, 0.25) is 0 Å². The minimum Gasteiger partial charge on any atom is -0.466 e. The van der Waals surface area contributed by atoms with E-state index in [1.165, 1.54) is 7.11 Å². The fourth-order valence-corrected chi connectivity index (χ4v) is 2.28. The summed E-state index contributed by atoms with van der Waals surface area (Å²) >= 11 is 1.63. The van der Waals surface area contributed by atoms with Crippen LogP contribution in [-0.2, 0) is 14.3 Å². The number of methoxy groups -OCH3 is 1. The molecule has 0 saturated heterocycles. The van der Waals surface area contributed by atoms with Gasteiger partial charge in [0.1, 0.15) is 0 Å². The first-order valence-corrected chi connectivity index (χ1v) is 8.52. The maximum atomic E-state index is 11.4. The predicted molar refractivity (Wildman–Crippen MR) is 90.2 cm³/mol. The fraction of sp³-hybridized carbons (Fsp3) is 0.688. The van der Waals surface area contributed by atoms with Crippen LogP contribution in [0.15, 0.2) is 23.3 Å². The molecule has 0 aliphatic heterocycles. The van der Waals surface area contributed by atoms with Crippen molar-refractivity contribution < 1.29 is 14.3 Å². The van der Waals surface area contributed by atoms with Crippen LogP contribution in [0.3, 0.4) is 0 Å². The van der Waals surface area contributed by atoms with Crippen molar-refractivity contribution in [1.82, 2.24) is 0 Å². The molecule has 0 fully saturated rings. The smallest absolute Gasteiger partial charge is 0.333 e.